The van der Waals surface area contributed by atoms with Gasteiger partial charge in [0, 0.05) is 18.8 Å². The normalized spacial score (nSPS) is 18.3. The molecule has 0 atom stereocenters. The second-order valence-corrected chi connectivity index (χ2v) is 6.77. The third-order valence-electron chi connectivity index (χ3n) is 4.63. The molecule has 0 unspecified atom stereocenters. The van der Waals surface area contributed by atoms with Gasteiger partial charge in [-0.15, -0.1) is 0 Å². The lowest BCUT2D eigenvalue weighted by Crippen LogP contribution is -2.41. The average molecular weight is 290 g/mol. The summed E-state index contributed by atoms with van der Waals surface area (Å²) in [5, 5.41) is 0. The third-order valence-corrected chi connectivity index (χ3v) is 4.63. The van der Waals surface area contributed by atoms with Crippen molar-refractivity contribution in [1.82, 2.24) is 4.90 Å². The predicted octanol–water partition coefficient (Wildman–Crippen LogP) is 3.32. The molecule has 1 aromatic rings. The minimum Gasteiger partial charge on any atom is -0.496 e. The second-order valence-electron chi connectivity index (χ2n) is 6.77. The Labute approximate surface area is 127 Å². The van der Waals surface area contributed by atoms with E-state index in [1.807, 2.05) is 11.9 Å². The topological polar surface area (TPSA) is 55.6 Å². The standard InChI is InChI=1S/C17H26N2O2/c1-17(2)9-7-13(8-10-17)19(3)16(20)14-11-12(18)5-6-15(14)21-4/h5-6,11,13H,7-10,18H2,1-4H3. The lowest BCUT2D eigenvalue weighted by Gasteiger charge is -2.38. The summed E-state index contributed by atoms with van der Waals surface area (Å²) in [6, 6.07) is 5.50. The van der Waals surface area contributed by atoms with Gasteiger partial charge in [-0.2, -0.15) is 0 Å². The van der Waals surface area contributed by atoms with E-state index in [1.165, 1.54) is 0 Å². The highest BCUT2D eigenvalue weighted by atomic mass is 16.5. The fraction of sp³-hybridized carbons (Fsp3) is 0.588. The summed E-state index contributed by atoms with van der Waals surface area (Å²) < 4.78 is 5.29. The highest BCUT2D eigenvalue weighted by molar-refractivity contribution is 5.97. The number of hydrogen-bond acceptors (Lipinski definition) is 3. The number of benzene rings is 1. The quantitative estimate of drug-likeness (QED) is 0.869. The minimum atomic E-state index is -0.0103. The van der Waals surface area contributed by atoms with Crippen molar-refractivity contribution in [2.45, 2.75) is 45.6 Å². The Kier molecular flexibility index (Phi) is 4.45. The number of carbonyl (C=O) groups is 1. The molecule has 0 bridgehead atoms. The van der Waals surface area contributed by atoms with Gasteiger partial charge in [-0.25, -0.2) is 0 Å². The zero-order valence-electron chi connectivity index (χ0n) is 13.5. The van der Waals surface area contributed by atoms with Gasteiger partial charge in [0.25, 0.3) is 5.91 Å². The number of hydrogen-bond donors (Lipinski definition) is 1. The Morgan fingerprint density at radius 1 is 1.33 bits per heavy atom. The Morgan fingerprint density at radius 3 is 2.52 bits per heavy atom. The number of nitrogens with zero attached hydrogens (tertiary/aromatic N) is 1. The Balaban J connectivity index is 2.15. The number of methoxy groups -OCH3 is 1. The molecule has 21 heavy (non-hydrogen) atoms. The molecular formula is C17H26N2O2. The molecule has 116 valence electrons. The highest BCUT2D eigenvalue weighted by Gasteiger charge is 2.31. The molecule has 0 aromatic heterocycles. The molecule has 0 saturated heterocycles. The summed E-state index contributed by atoms with van der Waals surface area (Å²) in [5.74, 6) is 0.570. The van der Waals surface area contributed by atoms with Gasteiger partial charge in [0.05, 0.1) is 12.7 Å². The van der Waals surface area contributed by atoms with Crippen LogP contribution >= 0.6 is 0 Å². The number of nitrogen functional groups attached to an aromatic ring is 1. The van der Waals surface area contributed by atoms with Crippen LogP contribution in [0.4, 0.5) is 5.69 Å². The van der Waals surface area contributed by atoms with Gasteiger partial charge in [-0.3, -0.25) is 4.79 Å². The molecule has 2 rings (SSSR count). The first-order valence-electron chi connectivity index (χ1n) is 7.55. The maximum Gasteiger partial charge on any atom is 0.257 e. The van der Waals surface area contributed by atoms with Crippen molar-refractivity contribution >= 4 is 11.6 Å². The van der Waals surface area contributed by atoms with Crippen molar-refractivity contribution in [3.05, 3.63) is 23.8 Å². The molecule has 1 aliphatic rings. The molecule has 0 radical (unpaired) electrons. The summed E-state index contributed by atoms with van der Waals surface area (Å²) >= 11 is 0. The molecule has 0 heterocycles. The summed E-state index contributed by atoms with van der Waals surface area (Å²) in [7, 11) is 3.46. The molecule has 2 N–H and O–H groups in total. The Bertz CT molecular complexity index is 516. The van der Waals surface area contributed by atoms with E-state index < -0.39 is 0 Å². The minimum absolute atomic E-state index is 0.0103. The van der Waals surface area contributed by atoms with Crippen molar-refractivity contribution in [3.63, 3.8) is 0 Å². The summed E-state index contributed by atoms with van der Waals surface area (Å²) in [4.78, 5) is 14.6. The van der Waals surface area contributed by atoms with Crippen LogP contribution in [0.5, 0.6) is 5.75 Å². The van der Waals surface area contributed by atoms with E-state index in [-0.39, 0.29) is 5.91 Å². The van der Waals surface area contributed by atoms with Crippen molar-refractivity contribution in [3.8, 4) is 5.75 Å². The van der Waals surface area contributed by atoms with Crippen molar-refractivity contribution in [1.29, 1.82) is 0 Å². The molecule has 4 nitrogen and oxygen atoms in total. The van der Waals surface area contributed by atoms with Gasteiger partial charge in [0.15, 0.2) is 0 Å². The summed E-state index contributed by atoms with van der Waals surface area (Å²) in [6.07, 6.45) is 4.42. The highest BCUT2D eigenvalue weighted by Crippen LogP contribution is 2.37. The van der Waals surface area contributed by atoms with Gasteiger partial charge < -0.3 is 15.4 Å². The van der Waals surface area contributed by atoms with Crippen LogP contribution < -0.4 is 10.5 Å². The van der Waals surface area contributed by atoms with E-state index in [4.69, 9.17) is 10.5 Å². The fourth-order valence-corrected chi connectivity index (χ4v) is 3.02. The molecule has 1 amide bonds. The maximum absolute atomic E-state index is 12.7. The van der Waals surface area contributed by atoms with Gasteiger partial charge >= 0.3 is 0 Å². The zero-order valence-corrected chi connectivity index (χ0v) is 13.5. The summed E-state index contributed by atoms with van der Waals surface area (Å²) in [6.45, 7) is 4.60. The van der Waals surface area contributed by atoms with Crippen LogP contribution in [0.15, 0.2) is 18.2 Å². The van der Waals surface area contributed by atoms with Gasteiger partial charge in [0.1, 0.15) is 5.75 Å². The zero-order chi connectivity index (χ0) is 15.6. The SMILES string of the molecule is COc1ccc(N)cc1C(=O)N(C)C1CCC(C)(C)CC1. The number of rotatable bonds is 3. The van der Waals surface area contributed by atoms with Gasteiger partial charge in [-0.05, 0) is 49.3 Å². The van der Waals surface area contributed by atoms with Crippen LogP contribution in [0.25, 0.3) is 0 Å². The smallest absolute Gasteiger partial charge is 0.257 e. The monoisotopic (exact) mass is 290 g/mol. The van der Waals surface area contributed by atoms with Crippen LogP contribution in [0.3, 0.4) is 0 Å². The number of amides is 1. The number of nitrogens with two attached hydrogens (primary N) is 1. The van der Waals surface area contributed by atoms with E-state index in [1.54, 1.807) is 25.3 Å². The first-order valence-corrected chi connectivity index (χ1v) is 7.55. The fourth-order valence-electron chi connectivity index (χ4n) is 3.02. The number of carbonyl (C=O) groups excluding carboxylic acids is 1. The molecule has 1 fully saturated rings. The van der Waals surface area contributed by atoms with Crippen molar-refractivity contribution in [2.24, 2.45) is 5.41 Å². The van der Waals surface area contributed by atoms with E-state index >= 15 is 0 Å². The molecule has 0 spiro atoms. The second kappa shape index (κ2) is 5.96. The molecule has 0 aliphatic heterocycles. The lowest BCUT2D eigenvalue weighted by atomic mass is 9.75. The van der Waals surface area contributed by atoms with E-state index in [0.29, 0.717) is 28.5 Å². The summed E-state index contributed by atoms with van der Waals surface area (Å²) in [5.41, 5.74) is 7.33. The van der Waals surface area contributed by atoms with Crippen molar-refractivity contribution in [2.75, 3.05) is 19.9 Å². The molecule has 1 saturated carbocycles. The van der Waals surface area contributed by atoms with E-state index in [2.05, 4.69) is 13.8 Å². The Morgan fingerprint density at radius 2 is 1.95 bits per heavy atom. The third kappa shape index (κ3) is 3.49. The molecule has 4 heteroatoms. The van der Waals surface area contributed by atoms with Crippen LogP contribution in [-0.4, -0.2) is 31.0 Å². The van der Waals surface area contributed by atoms with Crippen LogP contribution in [0, 0.1) is 5.41 Å². The van der Waals surface area contributed by atoms with Crippen molar-refractivity contribution < 1.29 is 9.53 Å². The lowest BCUT2D eigenvalue weighted by molar-refractivity contribution is 0.0632. The number of anilines is 1. The first-order chi connectivity index (χ1) is 9.84. The Hall–Kier alpha value is -1.71. The largest absolute Gasteiger partial charge is 0.496 e. The molecular weight excluding hydrogens is 264 g/mol. The number of ether oxygens (including phenoxy) is 1. The van der Waals surface area contributed by atoms with Gasteiger partial charge in [0.2, 0.25) is 0 Å². The molecule has 1 aromatic carbocycles. The van der Waals surface area contributed by atoms with E-state index in [9.17, 15) is 4.79 Å². The average Bonchev–Trinajstić information content (AvgIpc) is 2.45. The first kappa shape index (κ1) is 15.7. The van der Waals surface area contributed by atoms with Crippen LogP contribution in [0.1, 0.15) is 49.9 Å². The van der Waals surface area contributed by atoms with Crippen LogP contribution in [-0.2, 0) is 0 Å². The maximum atomic E-state index is 12.7. The van der Waals surface area contributed by atoms with Crippen LogP contribution in [0.2, 0.25) is 0 Å². The molecule has 1 aliphatic carbocycles. The predicted molar refractivity (Wildman–Crippen MR) is 85.5 cm³/mol. The van der Waals surface area contributed by atoms with E-state index in [0.717, 1.165) is 25.7 Å². The van der Waals surface area contributed by atoms with Gasteiger partial charge in [-0.1, -0.05) is 13.8 Å².